The van der Waals surface area contributed by atoms with Gasteiger partial charge in [0.2, 0.25) is 0 Å². The molecule has 0 aliphatic rings. The first-order valence-corrected chi connectivity index (χ1v) is 7.56. The summed E-state index contributed by atoms with van der Waals surface area (Å²) in [7, 11) is 0. The van der Waals surface area contributed by atoms with Crippen LogP contribution in [0.2, 0.25) is 5.02 Å². The molecule has 1 aromatic heterocycles. The Morgan fingerprint density at radius 3 is 3.00 bits per heavy atom. The summed E-state index contributed by atoms with van der Waals surface area (Å²) in [5.41, 5.74) is 1.10. The van der Waals surface area contributed by atoms with Crippen molar-refractivity contribution < 1.29 is 4.74 Å². The molecule has 1 N–H and O–H groups in total. The van der Waals surface area contributed by atoms with Crippen molar-refractivity contribution in [1.82, 2.24) is 10.3 Å². The number of para-hydroxylation sites is 1. The Hall–Kier alpha value is -1.10. The molecule has 0 saturated heterocycles. The quantitative estimate of drug-likeness (QED) is 0.849. The minimum absolute atomic E-state index is 0.595. The van der Waals surface area contributed by atoms with Crippen molar-refractivity contribution in [3.8, 4) is 5.75 Å². The second kappa shape index (κ2) is 7.48. The first-order chi connectivity index (χ1) is 9.29. The van der Waals surface area contributed by atoms with Gasteiger partial charge in [-0.15, -0.1) is 11.3 Å². The normalized spacial score (nSPS) is 10.6. The lowest BCUT2D eigenvalue weighted by Gasteiger charge is -2.06. The predicted octanol–water partition coefficient (Wildman–Crippen LogP) is 3.53. The molecular formula is C14H17ClN2OS. The number of ether oxygens (including phenoxy) is 1. The van der Waals surface area contributed by atoms with E-state index < -0.39 is 0 Å². The van der Waals surface area contributed by atoms with Gasteiger partial charge in [-0.3, -0.25) is 0 Å². The number of hydrogen-bond donors (Lipinski definition) is 1. The van der Waals surface area contributed by atoms with Gasteiger partial charge in [-0.2, -0.15) is 0 Å². The van der Waals surface area contributed by atoms with Crippen LogP contribution in [0.25, 0.3) is 0 Å². The van der Waals surface area contributed by atoms with E-state index in [1.165, 1.54) is 0 Å². The molecule has 0 spiro atoms. The second-order valence-electron chi connectivity index (χ2n) is 4.04. The summed E-state index contributed by atoms with van der Waals surface area (Å²) in [6.07, 6.45) is 0.808. The Labute approximate surface area is 122 Å². The summed E-state index contributed by atoms with van der Waals surface area (Å²) < 4.78 is 5.65. The minimum Gasteiger partial charge on any atom is -0.492 e. The third kappa shape index (κ3) is 4.49. The zero-order valence-corrected chi connectivity index (χ0v) is 12.4. The van der Waals surface area contributed by atoms with Crippen molar-refractivity contribution in [2.24, 2.45) is 0 Å². The van der Waals surface area contributed by atoms with Crippen LogP contribution in [0.3, 0.4) is 0 Å². The van der Waals surface area contributed by atoms with Gasteiger partial charge >= 0.3 is 0 Å². The molecule has 0 atom stereocenters. The molecule has 0 aliphatic carbocycles. The fourth-order valence-corrected chi connectivity index (χ4v) is 2.58. The largest absolute Gasteiger partial charge is 0.492 e. The average molecular weight is 297 g/mol. The van der Waals surface area contributed by atoms with Crippen LogP contribution in [-0.2, 0) is 13.0 Å². The maximum Gasteiger partial charge on any atom is 0.137 e. The number of nitrogens with zero attached hydrogens (tertiary/aromatic N) is 1. The van der Waals surface area contributed by atoms with Gasteiger partial charge in [-0.25, -0.2) is 4.98 Å². The van der Waals surface area contributed by atoms with Gasteiger partial charge in [0.25, 0.3) is 0 Å². The van der Waals surface area contributed by atoms with E-state index in [0.717, 1.165) is 36.0 Å². The minimum atomic E-state index is 0.595. The molecule has 0 saturated carbocycles. The van der Waals surface area contributed by atoms with Crippen LogP contribution in [0.15, 0.2) is 29.6 Å². The molecule has 0 bridgehead atoms. The van der Waals surface area contributed by atoms with E-state index >= 15 is 0 Å². The molecule has 19 heavy (non-hydrogen) atoms. The van der Waals surface area contributed by atoms with Gasteiger partial charge in [0.1, 0.15) is 5.75 Å². The van der Waals surface area contributed by atoms with Crippen LogP contribution < -0.4 is 10.1 Å². The fourth-order valence-electron chi connectivity index (χ4n) is 1.61. The molecule has 5 heteroatoms. The topological polar surface area (TPSA) is 34.1 Å². The van der Waals surface area contributed by atoms with Crippen LogP contribution >= 0.6 is 22.9 Å². The van der Waals surface area contributed by atoms with E-state index in [4.69, 9.17) is 16.3 Å². The van der Waals surface area contributed by atoms with E-state index in [9.17, 15) is 0 Å². The summed E-state index contributed by atoms with van der Waals surface area (Å²) in [5, 5.41) is 7.10. The van der Waals surface area contributed by atoms with Gasteiger partial charge in [0, 0.05) is 18.3 Å². The van der Waals surface area contributed by atoms with Crippen LogP contribution in [0.4, 0.5) is 0 Å². The zero-order valence-electron chi connectivity index (χ0n) is 10.9. The van der Waals surface area contributed by atoms with E-state index in [1.807, 2.05) is 24.3 Å². The second-order valence-corrected chi connectivity index (χ2v) is 5.39. The van der Waals surface area contributed by atoms with Crippen LogP contribution in [0, 0.1) is 0 Å². The number of halogens is 1. The Kier molecular flexibility index (Phi) is 5.63. The van der Waals surface area contributed by atoms with Gasteiger partial charge < -0.3 is 10.1 Å². The molecule has 1 heterocycles. The molecule has 2 rings (SSSR count). The van der Waals surface area contributed by atoms with Gasteiger partial charge in [0.15, 0.2) is 0 Å². The summed E-state index contributed by atoms with van der Waals surface area (Å²) in [5.74, 6) is 0.730. The molecule has 0 unspecified atom stereocenters. The molecular weight excluding hydrogens is 280 g/mol. The highest BCUT2D eigenvalue weighted by Gasteiger charge is 2.03. The number of aromatic nitrogens is 1. The number of thiazole rings is 1. The van der Waals surface area contributed by atoms with E-state index in [1.54, 1.807) is 11.3 Å². The fraction of sp³-hybridized carbons (Fsp3) is 0.357. The third-order valence-electron chi connectivity index (χ3n) is 2.57. The third-order valence-corrected chi connectivity index (χ3v) is 3.84. The molecule has 0 amide bonds. The van der Waals surface area contributed by atoms with Crippen molar-refractivity contribution in [2.45, 2.75) is 19.9 Å². The van der Waals surface area contributed by atoms with Gasteiger partial charge in [-0.1, -0.05) is 30.7 Å². The smallest absolute Gasteiger partial charge is 0.137 e. The van der Waals surface area contributed by atoms with E-state index in [-0.39, 0.29) is 0 Å². The van der Waals surface area contributed by atoms with Crippen molar-refractivity contribution >= 4 is 22.9 Å². The molecule has 102 valence electrons. The maximum atomic E-state index is 6.02. The first kappa shape index (κ1) is 14.3. The lowest BCUT2D eigenvalue weighted by molar-refractivity contribution is 0.322. The zero-order chi connectivity index (χ0) is 13.5. The van der Waals surface area contributed by atoms with Crippen LogP contribution in [0.5, 0.6) is 5.75 Å². The average Bonchev–Trinajstić information content (AvgIpc) is 2.86. The highest BCUT2D eigenvalue weighted by atomic mass is 35.5. The summed E-state index contributed by atoms with van der Waals surface area (Å²) in [4.78, 5) is 4.54. The highest BCUT2D eigenvalue weighted by molar-refractivity contribution is 7.09. The Morgan fingerprint density at radius 1 is 1.37 bits per heavy atom. The summed E-state index contributed by atoms with van der Waals surface area (Å²) >= 11 is 7.70. The highest BCUT2D eigenvalue weighted by Crippen LogP contribution is 2.23. The monoisotopic (exact) mass is 296 g/mol. The molecule has 3 nitrogen and oxygen atoms in total. The van der Waals surface area contributed by atoms with Gasteiger partial charge in [0.05, 0.1) is 22.3 Å². The van der Waals surface area contributed by atoms with Crippen molar-refractivity contribution in [3.05, 3.63) is 45.4 Å². The molecule has 1 aromatic carbocycles. The predicted molar refractivity (Wildman–Crippen MR) is 80.1 cm³/mol. The lowest BCUT2D eigenvalue weighted by Crippen LogP contribution is -2.12. The SMILES string of the molecule is CCNCc1csc(CCOc2ccccc2Cl)n1. The van der Waals surface area contributed by atoms with Gasteiger partial charge in [-0.05, 0) is 18.7 Å². The summed E-state index contributed by atoms with van der Waals surface area (Å²) in [6.45, 7) is 4.48. The van der Waals surface area contributed by atoms with Crippen molar-refractivity contribution in [1.29, 1.82) is 0 Å². The number of rotatable bonds is 7. The molecule has 2 aromatic rings. The number of benzene rings is 1. The standard InChI is InChI=1S/C14H17ClN2OS/c1-2-16-9-11-10-19-14(17-11)7-8-18-13-6-4-3-5-12(13)15/h3-6,10,16H,2,7-9H2,1H3. The van der Waals surface area contributed by atoms with E-state index in [0.29, 0.717) is 11.6 Å². The lowest BCUT2D eigenvalue weighted by atomic mass is 10.3. The first-order valence-electron chi connectivity index (χ1n) is 6.31. The van der Waals surface area contributed by atoms with Crippen molar-refractivity contribution in [2.75, 3.05) is 13.2 Å². The molecule has 0 radical (unpaired) electrons. The molecule has 0 aliphatic heterocycles. The van der Waals surface area contributed by atoms with Crippen molar-refractivity contribution in [3.63, 3.8) is 0 Å². The van der Waals surface area contributed by atoms with Crippen LogP contribution in [0.1, 0.15) is 17.6 Å². The number of hydrogen-bond acceptors (Lipinski definition) is 4. The summed E-state index contributed by atoms with van der Waals surface area (Å²) in [6, 6.07) is 7.51. The molecule has 0 fully saturated rings. The Bertz CT molecular complexity index is 516. The Balaban J connectivity index is 1.79. The maximum absolute atomic E-state index is 6.02. The Morgan fingerprint density at radius 2 is 2.21 bits per heavy atom. The number of nitrogens with one attached hydrogen (secondary N) is 1. The van der Waals surface area contributed by atoms with E-state index in [2.05, 4.69) is 22.6 Å². The van der Waals surface area contributed by atoms with Crippen LogP contribution in [-0.4, -0.2) is 18.1 Å².